The molecule has 2 aliphatic heterocycles. The van der Waals surface area contributed by atoms with E-state index in [2.05, 4.69) is 17.6 Å². The van der Waals surface area contributed by atoms with Crippen LogP contribution in [0.1, 0.15) is 0 Å². The van der Waals surface area contributed by atoms with Crippen LogP contribution in [0, 0.1) is 6.20 Å². The predicted molar refractivity (Wildman–Crippen MR) is 33.7 cm³/mol. The van der Waals surface area contributed by atoms with Gasteiger partial charge in [0.2, 0.25) is 0 Å². The molecule has 0 aromatic heterocycles. The molecule has 0 spiro atoms. The molecule has 0 aromatic carbocycles. The molecule has 0 aliphatic carbocycles. The second-order valence-corrected chi connectivity index (χ2v) is 2.21. The minimum absolute atomic E-state index is 0.735. The lowest BCUT2D eigenvalue weighted by atomic mass is 10.1. The molecule has 47 valence electrons. The van der Waals surface area contributed by atoms with Crippen LogP contribution in [0.2, 0.25) is 0 Å². The molecule has 1 saturated heterocycles. The first kappa shape index (κ1) is 5.06. The first-order valence-corrected chi connectivity index (χ1v) is 3.08. The van der Waals surface area contributed by atoms with Gasteiger partial charge in [0.05, 0.1) is 19.4 Å². The van der Waals surface area contributed by atoms with E-state index >= 15 is 0 Å². The molecule has 0 unspecified atom stereocenters. The van der Waals surface area contributed by atoms with Gasteiger partial charge in [-0.05, 0) is 5.57 Å². The van der Waals surface area contributed by atoms with Crippen molar-refractivity contribution in [1.29, 1.82) is 0 Å². The number of hydrogen-bond acceptors (Lipinski definition) is 2. The Morgan fingerprint density at radius 2 is 2.56 bits per heavy atom. The van der Waals surface area contributed by atoms with E-state index in [0.29, 0.717) is 0 Å². The molecular weight excluding hydrogens is 114 g/mol. The molecule has 0 saturated carbocycles. The van der Waals surface area contributed by atoms with Gasteiger partial charge in [0.1, 0.15) is 0 Å². The zero-order chi connectivity index (χ0) is 6.10. The minimum Gasteiger partial charge on any atom is -0.380 e. The fourth-order valence-electron chi connectivity index (χ4n) is 1.07. The number of dihydropyridines is 1. The molecule has 1 fully saturated rings. The SMILES string of the molecule is [C]1=C2COCC2=CCN1. The second-order valence-electron chi connectivity index (χ2n) is 2.21. The third-order valence-electron chi connectivity index (χ3n) is 1.58. The van der Waals surface area contributed by atoms with Crippen molar-refractivity contribution in [2.75, 3.05) is 19.8 Å². The summed E-state index contributed by atoms with van der Waals surface area (Å²) in [5.41, 5.74) is 2.51. The maximum atomic E-state index is 5.18. The molecule has 2 rings (SSSR count). The molecule has 2 heteroatoms. The van der Waals surface area contributed by atoms with Crippen LogP contribution < -0.4 is 5.32 Å². The Balaban J connectivity index is 2.30. The van der Waals surface area contributed by atoms with E-state index in [1.54, 1.807) is 0 Å². The highest BCUT2D eigenvalue weighted by Crippen LogP contribution is 2.18. The van der Waals surface area contributed by atoms with Gasteiger partial charge in [-0.15, -0.1) is 0 Å². The lowest BCUT2D eigenvalue weighted by Gasteiger charge is -2.04. The molecular formula is C7H8NO. The zero-order valence-corrected chi connectivity index (χ0v) is 5.11. The summed E-state index contributed by atoms with van der Waals surface area (Å²) in [6, 6.07) is 0. The van der Waals surface area contributed by atoms with Crippen LogP contribution in [0.4, 0.5) is 0 Å². The fraction of sp³-hybridized carbons (Fsp3) is 0.429. The number of fused-ring (bicyclic) bond motifs is 1. The van der Waals surface area contributed by atoms with Gasteiger partial charge in [0.25, 0.3) is 0 Å². The van der Waals surface area contributed by atoms with Gasteiger partial charge in [-0.3, -0.25) is 0 Å². The lowest BCUT2D eigenvalue weighted by Crippen LogP contribution is -2.12. The Morgan fingerprint density at radius 3 is 3.44 bits per heavy atom. The van der Waals surface area contributed by atoms with Crippen molar-refractivity contribution in [2.45, 2.75) is 0 Å². The molecule has 2 aliphatic rings. The Kier molecular flexibility index (Phi) is 1.06. The maximum Gasteiger partial charge on any atom is 0.0745 e. The molecule has 0 bridgehead atoms. The number of nitrogens with one attached hydrogen (secondary N) is 1. The van der Waals surface area contributed by atoms with E-state index in [-0.39, 0.29) is 0 Å². The van der Waals surface area contributed by atoms with E-state index in [1.165, 1.54) is 11.1 Å². The van der Waals surface area contributed by atoms with Gasteiger partial charge >= 0.3 is 0 Å². The van der Waals surface area contributed by atoms with Crippen molar-refractivity contribution in [3.8, 4) is 0 Å². The van der Waals surface area contributed by atoms with Gasteiger partial charge in [-0.2, -0.15) is 0 Å². The van der Waals surface area contributed by atoms with Crippen LogP contribution in [0.15, 0.2) is 17.2 Å². The number of ether oxygens (including phenoxy) is 1. The zero-order valence-electron chi connectivity index (χ0n) is 5.11. The van der Waals surface area contributed by atoms with Gasteiger partial charge in [-0.1, -0.05) is 6.08 Å². The van der Waals surface area contributed by atoms with Crippen LogP contribution in [0.25, 0.3) is 0 Å². The summed E-state index contributed by atoms with van der Waals surface area (Å²) in [5.74, 6) is 0. The van der Waals surface area contributed by atoms with Crippen LogP contribution in [0.3, 0.4) is 0 Å². The minimum atomic E-state index is 0.735. The third-order valence-corrected chi connectivity index (χ3v) is 1.58. The number of hydrogen-bond donors (Lipinski definition) is 1. The molecule has 1 radical (unpaired) electrons. The molecule has 0 amide bonds. The third kappa shape index (κ3) is 0.754. The molecule has 0 atom stereocenters. The largest absolute Gasteiger partial charge is 0.380 e. The normalized spacial score (nSPS) is 24.0. The highest BCUT2D eigenvalue weighted by Gasteiger charge is 2.15. The lowest BCUT2D eigenvalue weighted by molar-refractivity contribution is 0.214. The van der Waals surface area contributed by atoms with E-state index in [1.807, 2.05) is 0 Å². The van der Waals surface area contributed by atoms with Crippen molar-refractivity contribution in [2.24, 2.45) is 0 Å². The van der Waals surface area contributed by atoms with Crippen LogP contribution >= 0.6 is 0 Å². The molecule has 2 nitrogen and oxygen atoms in total. The summed E-state index contributed by atoms with van der Waals surface area (Å²) >= 11 is 0. The highest BCUT2D eigenvalue weighted by molar-refractivity contribution is 5.35. The summed E-state index contributed by atoms with van der Waals surface area (Å²) in [4.78, 5) is 0. The van der Waals surface area contributed by atoms with Gasteiger partial charge in [-0.25, -0.2) is 0 Å². The summed E-state index contributed by atoms with van der Waals surface area (Å²) in [5, 5.41) is 3.01. The average molecular weight is 122 g/mol. The van der Waals surface area contributed by atoms with Crippen molar-refractivity contribution in [1.82, 2.24) is 5.32 Å². The molecule has 1 N–H and O–H groups in total. The van der Waals surface area contributed by atoms with Crippen molar-refractivity contribution < 1.29 is 4.74 Å². The van der Waals surface area contributed by atoms with Crippen LogP contribution in [-0.2, 0) is 4.74 Å². The van der Waals surface area contributed by atoms with Gasteiger partial charge < -0.3 is 10.1 Å². The Labute approximate surface area is 54.2 Å². The average Bonchev–Trinajstić information content (AvgIpc) is 2.33. The first-order chi connectivity index (χ1) is 4.47. The summed E-state index contributed by atoms with van der Waals surface area (Å²) < 4.78 is 5.18. The Morgan fingerprint density at radius 1 is 1.56 bits per heavy atom. The predicted octanol–water partition coefficient (Wildman–Crippen LogP) is 0.233. The Bertz CT molecular complexity index is 161. The smallest absolute Gasteiger partial charge is 0.0745 e. The van der Waals surface area contributed by atoms with Crippen molar-refractivity contribution in [3.63, 3.8) is 0 Å². The first-order valence-electron chi connectivity index (χ1n) is 3.08. The number of rotatable bonds is 0. The monoisotopic (exact) mass is 122 g/mol. The molecule has 9 heavy (non-hydrogen) atoms. The highest BCUT2D eigenvalue weighted by atomic mass is 16.5. The van der Waals surface area contributed by atoms with Gasteiger partial charge in [0, 0.05) is 12.1 Å². The Hall–Kier alpha value is -0.760. The quantitative estimate of drug-likeness (QED) is 0.496. The van der Waals surface area contributed by atoms with Gasteiger partial charge in [0.15, 0.2) is 0 Å². The molecule has 2 heterocycles. The topological polar surface area (TPSA) is 21.3 Å². The summed E-state index contributed by atoms with van der Waals surface area (Å²) in [7, 11) is 0. The van der Waals surface area contributed by atoms with Crippen LogP contribution in [-0.4, -0.2) is 19.8 Å². The summed E-state index contributed by atoms with van der Waals surface area (Å²) in [6.07, 6.45) is 5.21. The molecule has 0 aromatic rings. The van der Waals surface area contributed by atoms with E-state index < -0.39 is 0 Å². The maximum absolute atomic E-state index is 5.18. The fourth-order valence-corrected chi connectivity index (χ4v) is 1.07. The van der Waals surface area contributed by atoms with Crippen molar-refractivity contribution in [3.05, 3.63) is 23.4 Å². The standard InChI is InChI=1S/C7H8NO/c1-2-8-3-7-5-9-4-6(1)7/h1,8H,2,4-5H2. The van der Waals surface area contributed by atoms with E-state index in [4.69, 9.17) is 4.74 Å². The van der Waals surface area contributed by atoms with E-state index in [0.717, 1.165) is 19.8 Å². The summed E-state index contributed by atoms with van der Waals surface area (Å²) in [6.45, 7) is 2.42. The van der Waals surface area contributed by atoms with Crippen LogP contribution in [0.5, 0.6) is 0 Å². The second kappa shape index (κ2) is 1.88. The van der Waals surface area contributed by atoms with E-state index in [9.17, 15) is 0 Å². The van der Waals surface area contributed by atoms with Crippen molar-refractivity contribution >= 4 is 0 Å².